The van der Waals surface area contributed by atoms with E-state index < -0.39 is 0 Å². The van der Waals surface area contributed by atoms with E-state index in [1.165, 1.54) is 19.6 Å². The molecular formula is C24H52N2O. The van der Waals surface area contributed by atoms with Gasteiger partial charge < -0.3 is 9.80 Å². The van der Waals surface area contributed by atoms with E-state index in [0.29, 0.717) is 6.04 Å². The van der Waals surface area contributed by atoms with Gasteiger partial charge in [0.15, 0.2) is 0 Å². The molecule has 0 fully saturated rings. The van der Waals surface area contributed by atoms with Crippen LogP contribution in [-0.4, -0.2) is 47.9 Å². The van der Waals surface area contributed by atoms with Crippen molar-refractivity contribution in [1.29, 1.82) is 0 Å². The van der Waals surface area contributed by atoms with E-state index in [-0.39, 0.29) is 17.2 Å². The zero-order valence-electron chi connectivity index (χ0n) is 21.0. The van der Waals surface area contributed by atoms with Crippen LogP contribution >= 0.6 is 0 Å². The first-order chi connectivity index (χ1) is 12.1. The lowest BCUT2D eigenvalue weighted by molar-refractivity contribution is -0.137. The largest absolute Gasteiger partial charge is 0.340 e. The Morgan fingerprint density at radius 3 is 1.22 bits per heavy atom. The van der Waals surface area contributed by atoms with Gasteiger partial charge in [-0.05, 0) is 37.0 Å². The Kier molecular flexibility index (Phi) is 14.4. The van der Waals surface area contributed by atoms with Gasteiger partial charge in [0.05, 0.1) is 0 Å². The van der Waals surface area contributed by atoms with Crippen LogP contribution in [0.4, 0.5) is 0 Å². The highest BCUT2D eigenvalue weighted by atomic mass is 16.2. The van der Waals surface area contributed by atoms with E-state index in [1.807, 2.05) is 18.7 Å². The third kappa shape index (κ3) is 17.3. The second-order valence-electron chi connectivity index (χ2n) is 11.2. The first-order valence-electron chi connectivity index (χ1n) is 11.1. The van der Waals surface area contributed by atoms with Crippen molar-refractivity contribution in [2.24, 2.45) is 29.1 Å². The van der Waals surface area contributed by atoms with Crippen LogP contribution in [0.2, 0.25) is 0 Å². The van der Waals surface area contributed by atoms with Crippen molar-refractivity contribution in [3.05, 3.63) is 0 Å². The first kappa shape index (κ1) is 28.6. The molecule has 0 rings (SSSR count). The van der Waals surface area contributed by atoms with Crippen molar-refractivity contribution >= 4 is 5.91 Å². The van der Waals surface area contributed by atoms with Crippen molar-refractivity contribution in [1.82, 2.24) is 9.80 Å². The Bertz CT molecular complexity index is 355. The van der Waals surface area contributed by atoms with Gasteiger partial charge in [-0.15, -0.1) is 0 Å². The third-order valence-electron chi connectivity index (χ3n) is 3.92. The van der Waals surface area contributed by atoms with Crippen LogP contribution in [0.25, 0.3) is 0 Å². The quantitative estimate of drug-likeness (QED) is 0.474. The summed E-state index contributed by atoms with van der Waals surface area (Å²) in [4.78, 5) is 16.5. The molecule has 0 heterocycles. The molecule has 0 aromatic carbocycles. The molecule has 0 aromatic rings. The number of carbonyl (C=O) groups excluding carboxylic acids is 1. The van der Waals surface area contributed by atoms with E-state index in [0.717, 1.165) is 24.3 Å². The number of carbonyl (C=O) groups is 1. The van der Waals surface area contributed by atoms with Gasteiger partial charge in [-0.2, -0.15) is 0 Å². The number of rotatable bonds is 9. The van der Waals surface area contributed by atoms with Gasteiger partial charge >= 0.3 is 0 Å². The third-order valence-corrected chi connectivity index (χ3v) is 3.92. The van der Waals surface area contributed by atoms with Gasteiger partial charge in [0.25, 0.3) is 0 Å². The molecule has 0 aliphatic carbocycles. The molecule has 0 saturated heterocycles. The highest BCUT2D eigenvalue weighted by Gasteiger charge is 2.24. The molecule has 0 aromatic heterocycles. The van der Waals surface area contributed by atoms with Crippen LogP contribution in [0.5, 0.6) is 0 Å². The minimum atomic E-state index is 0.0970. The molecule has 3 nitrogen and oxygen atoms in total. The summed E-state index contributed by atoms with van der Waals surface area (Å²) >= 11 is 0. The van der Waals surface area contributed by atoms with Gasteiger partial charge in [0.2, 0.25) is 5.91 Å². The Morgan fingerprint density at radius 2 is 1.04 bits per heavy atom. The normalized spacial score (nSPS) is 12.4. The van der Waals surface area contributed by atoms with Crippen molar-refractivity contribution in [3.8, 4) is 0 Å². The van der Waals surface area contributed by atoms with Gasteiger partial charge in [-0.1, -0.05) is 76.2 Å². The Labute approximate surface area is 172 Å². The summed E-state index contributed by atoms with van der Waals surface area (Å²) in [7, 11) is 0. The SMILES string of the molecule is CC(C)C(=O)N(CC(C)(C)C)C(C)C.CC(C)CN(CC(C)C)CC(C)C. The summed E-state index contributed by atoms with van der Waals surface area (Å²) in [6, 6.07) is 0.295. The minimum absolute atomic E-state index is 0.0970. The van der Waals surface area contributed by atoms with Crippen LogP contribution in [0.15, 0.2) is 0 Å². The highest BCUT2D eigenvalue weighted by Crippen LogP contribution is 2.18. The summed E-state index contributed by atoms with van der Waals surface area (Å²) in [5.74, 6) is 2.72. The molecule has 0 radical (unpaired) electrons. The van der Waals surface area contributed by atoms with E-state index in [4.69, 9.17) is 0 Å². The fraction of sp³-hybridized carbons (Fsp3) is 0.958. The molecule has 0 N–H and O–H groups in total. The van der Waals surface area contributed by atoms with Gasteiger partial charge in [-0.3, -0.25) is 4.79 Å². The van der Waals surface area contributed by atoms with Crippen LogP contribution in [0.1, 0.15) is 90.0 Å². The zero-order chi connectivity index (χ0) is 21.9. The standard InChI is InChI=1S/C12H25NO.C12H27N/c1-9(2)11(14)13(10(3)4)8-12(5,6)7;1-10(2)7-13(8-11(3)4)9-12(5)6/h9-10H,8H2,1-7H3;10-12H,7-9H2,1-6H3. The molecule has 0 atom stereocenters. The van der Waals surface area contributed by atoms with Crippen molar-refractivity contribution in [2.45, 2.75) is 96.1 Å². The fourth-order valence-electron chi connectivity index (χ4n) is 3.13. The lowest BCUT2D eigenvalue weighted by atomic mass is 9.94. The number of nitrogens with zero attached hydrogens (tertiary/aromatic N) is 2. The molecule has 0 unspecified atom stereocenters. The Hall–Kier alpha value is -0.570. The molecule has 0 aliphatic heterocycles. The van der Waals surface area contributed by atoms with Gasteiger partial charge in [-0.25, -0.2) is 0 Å². The Morgan fingerprint density at radius 1 is 0.704 bits per heavy atom. The second kappa shape index (κ2) is 13.6. The highest BCUT2D eigenvalue weighted by molar-refractivity contribution is 5.78. The van der Waals surface area contributed by atoms with Crippen molar-refractivity contribution in [3.63, 3.8) is 0 Å². The van der Waals surface area contributed by atoms with Crippen LogP contribution in [0, 0.1) is 29.1 Å². The van der Waals surface area contributed by atoms with Gasteiger partial charge in [0.1, 0.15) is 0 Å². The summed E-state index contributed by atoms with van der Waals surface area (Å²) in [6.45, 7) is 32.9. The van der Waals surface area contributed by atoms with Crippen LogP contribution in [0.3, 0.4) is 0 Å². The lowest BCUT2D eigenvalue weighted by Crippen LogP contribution is -2.44. The maximum absolute atomic E-state index is 11.9. The summed E-state index contributed by atoms with van der Waals surface area (Å²) in [5, 5.41) is 0. The minimum Gasteiger partial charge on any atom is -0.340 e. The molecule has 3 heteroatoms. The van der Waals surface area contributed by atoms with Crippen LogP contribution < -0.4 is 0 Å². The topological polar surface area (TPSA) is 23.6 Å². The monoisotopic (exact) mass is 384 g/mol. The summed E-state index contributed by atoms with van der Waals surface area (Å²) in [5.41, 5.74) is 0.175. The first-order valence-corrected chi connectivity index (χ1v) is 11.1. The lowest BCUT2D eigenvalue weighted by Gasteiger charge is -2.34. The molecule has 0 saturated carbocycles. The molecule has 1 amide bonds. The summed E-state index contributed by atoms with van der Waals surface area (Å²) in [6.07, 6.45) is 0. The van der Waals surface area contributed by atoms with E-state index in [9.17, 15) is 4.79 Å². The van der Waals surface area contributed by atoms with Crippen LogP contribution in [-0.2, 0) is 4.79 Å². The Balaban J connectivity index is 0. The molecule has 164 valence electrons. The average Bonchev–Trinajstić information content (AvgIpc) is 2.41. The van der Waals surface area contributed by atoms with E-state index in [1.54, 1.807) is 0 Å². The van der Waals surface area contributed by atoms with Crippen molar-refractivity contribution in [2.75, 3.05) is 26.2 Å². The average molecular weight is 385 g/mol. The fourth-order valence-corrected chi connectivity index (χ4v) is 3.13. The van der Waals surface area contributed by atoms with Gasteiger partial charge in [0, 0.05) is 38.1 Å². The summed E-state index contributed by atoms with van der Waals surface area (Å²) < 4.78 is 0. The zero-order valence-corrected chi connectivity index (χ0v) is 21.0. The maximum Gasteiger partial charge on any atom is 0.225 e. The van der Waals surface area contributed by atoms with E-state index in [2.05, 4.69) is 81.1 Å². The number of hydrogen-bond acceptors (Lipinski definition) is 2. The molecule has 0 bridgehead atoms. The maximum atomic E-state index is 11.9. The predicted octanol–water partition coefficient (Wildman–Crippen LogP) is 6.18. The smallest absolute Gasteiger partial charge is 0.225 e. The molecular weight excluding hydrogens is 332 g/mol. The second-order valence-corrected chi connectivity index (χ2v) is 11.2. The molecule has 0 spiro atoms. The molecule has 0 aliphatic rings. The molecule has 27 heavy (non-hydrogen) atoms. The van der Waals surface area contributed by atoms with E-state index >= 15 is 0 Å². The van der Waals surface area contributed by atoms with Crippen molar-refractivity contribution < 1.29 is 4.79 Å². The number of hydrogen-bond donors (Lipinski definition) is 0. The number of amides is 1. The predicted molar refractivity (Wildman–Crippen MR) is 122 cm³/mol.